The van der Waals surface area contributed by atoms with Crippen molar-refractivity contribution in [1.29, 1.82) is 0 Å². The summed E-state index contributed by atoms with van der Waals surface area (Å²) in [5.41, 5.74) is 0. The van der Waals surface area contributed by atoms with Crippen LogP contribution in [-0.4, -0.2) is 82.7 Å². The van der Waals surface area contributed by atoms with Gasteiger partial charge < -0.3 is 10.2 Å². The van der Waals surface area contributed by atoms with Crippen molar-refractivity contribution in [3.63, 3.8) is 0 Å². The first-order chi connectivity index (χ1) is 8.58. The van der Waals surface area contributed by atoms with Gasteiger partial charge in [0.05, 0.1) is 13.1 Å². The molecule has 0 saturated carbocycles. The van der Waals surface area contributed by atoms with Crippen molar-refractivity contribution in [1.82, 2.24) is 9.80 Å². The van der Waals surface area contributed by atoms with E-state index in [1.807, 2.05) is 9.80 Å². The van der Waals surface area contributed by atoms with Gasteiger partial charge in [0, 0.05) is 24.6 Å². The molecule has 0 aliphatic carbocycles. The molecule has 0 spiro atoms. The standard InChI is InChI=1S/C11H20N2O4S/c14-10(15)8-12-2-1-3-13(9-11(16)17)5-7-18-6-4-12/h1-9H2,(H,14,15)(H,16,17). The second kappa shape index (κ2) is 8.34. The van der Waals surface area contributed by atoms with E-state index in [2.05, 4.69) is 0 Å². The number of hydrogen-bond donors (Lipinski definition) is 2. The Morgan fingerprint density at radius 2 is 1.33 bits per heavy atom. The fraction of sp³-hybridized carbons (Fsp3) is 0.818. The minimum Gasteiger partial charge on any atom is -0.480 e. The van der Waals surface area contributed by atoms with E-state index in [0.29, 0.717) is 13.1 Å². The maximum Gasteiger partial charge on any atom is 0.317 e. The topological polar surface area (TPSA) is 81.1 Å². The lowest BCUT2D eigenvalue weighted by Gasteiger charge is -2.25. The zero-order chi connectivity index (χ0) is 13.4. The van der Waals surface area contributed by atoms with E-state index >= 15 is 0 Å². The molecule has 7 heteroatoms. The maximum absolute atomic E-state index is 10.7. The molecule has 6 nitrogen and oxygen atoms in total. The summed E-state index contributed by atoms with van der Waals surface area (Å²) < 4.78 is 0. The number of carboxylic acid groups (broad SMARTS) is 2. The van der Waals surface area contributed by atoms with Crippen LogP contribution < -0.4 is 0 Å². The number of carbonyl (C=O) groups is 2. The molecular weight excluding hydrogens is 256 g/mol. The van der Waals surface area contributed by atoms with Crippen LogP contribution in [0.1, 0.15) is 6.42 Å². The molecule has 1 saturated heterocycles. The average molecular weight is 276 g/mol. The van der Waals surface area contributed by atoms with Crippen LogP contribution in [0.2, 0.25) is 0 Å². The van der Waals surface area contributed by atoms with Crippen LogP contribution in [0.3, 0.4) is 0 Å². The van der Waals surface area contributed by atoms with Gasteiger partial charge in [-0.3, -0.25) is 19.4 Å². The Morgan fingerprint density at radius 1 is 0.889 bits per heavy atom. The molecule has 1 aliphatic rings. The summed E-state index contributed by atoms with van der Waals surface area (Å²) in [7, 11) is 0. The quantitative estimate of drug-likeness (QED) is 0.742. The molecule has 1 heterocycles. The number of hydrogen-bond acceptors (Lipinski definition) is 5. The minimum atomic E-state index is -0.806. The van der Waals surface area contributed by atoms with Crippen LogP contribution >= 0.6 is 11.8 Å². The predicted molar refractivity (Wildman–Crippen MR) is 70.1 cm³/mol. The van der Waals surface area contributed by atoms with Crippen molar-refractivity contribution in [3.8, 4) is 0 Å². The highest BCUT2D eigenvalue weighted by atomic mass is 32.2. The third kappa shape index (κ3) is 6.83. The first kappa shape index (κ1) is 15.3. The van der Waals surface area contributed by atoms with E-state index in [0.717, 1.165) is 31.0 Å². The lowest BCUT2D eigenvalue weighted by Crippen LogP contribution is -2.38. The van der Waals surface area contributed by atoms with Gasteiger partial charge in [0.1, 0.15) is 0 Å². The molecule has 0 radical (unpaired) electrons. The van der Waals surface area contributed by atoms with Crippen molar-refractivity contribution < 1.29 is 19.8 Å². The number of nitrogens with zero attached hydrogens (tertiary/aromatic N) is 2. The van der Waals surface area contributed by atoms with Crippen LogP contribution in [0.5, 0.6) is 0 Å². The molecule has 0 bridgehead atoms. The first-order valence-corrected chi connectivity index (χ1v) is 7.19. The zero-order valence-corrected chi connectivity index (χ0v) is 11.2. The number of thioether (sulfide) groups is 1. The average Bonchev–Trinajstić information content (AvgIpc) is 2.26. The molecule has 1 rings (SSSR count). The van der Waals surface area contributed by atoms with Crippen molar-refractivity contribution in [2.75, 3.05) is 50.8 Å². The van der Waals surface area contributed by atoms with Gasteiger partial charge in [0.15, 0.2) is 0 Å². The Balaban J connectivity index is 2.41. The Bertz CT molecular complexity index is 262. The Kier molecular flexibility index (Phi) is 7.07. The molecule has 0 atom stereocenters. The molecule has 0 unspecified atom stereocenters. The fourth-order valence-corrected chi connectivity index (χ4v) is 2.91. The van der Waals surface area contributed by atoms with Gasteiger partial charge in [-0.05, 0) is 19.5 Å². The summed E-state index contributed by atoms with van der Waals surface area (Å²) in [6.07, 6.45) is 0.811. The summed E-state index contributed by atoms with van der Waals surface area (Å²) in [4.78, 5) is 25.2. The molecule has 0 aromatic rings. The van der Waals surface area contributed by atoms with E-state index in [-0.39, 0.29) is 13.1 Å². The highest BCUT2D eigenvalue weighted by molar-refractivity contribution is 7.99. The van der Waals surface area contributed by atoms with Crippen molar-refractivity contribution in [2.45, 2.75) is 6.42 Å². The smallest absolute Gasteiger partial charge is 0.317 e. The monoisotopic (exact) mass is 276 g/mol. The molecule has 0 aromatic heterocycles. The highest BCUT2D eigenvalue weighted by Crippen LogP contribution is 2.06. The van der Waals surface area contributed by atoms with Crippen molar-refractivity contribution >= 4 is 23.7 Å². The molecule has 1 fully saturated rings. The van der Waals surface area contributed by atoms with E-state index in [1.54, 1.807) is 11.8 Å². The van der Waals surface area contributed by atoms with E-state index in [4.69, 9.17) is 10.2 Å². The minimum absolute atomic E-state index is 0.0689. The molecule has 1 aliphatic heterocycles. The zero-order valence-electron chi connectivity index (χ0n) is 10.4. The summed E-state index contributed by atoms with van der Waals surface area (Å²) in [5, 5.41) is 17.6. The van der Waals surface area contributed by atoms with Gasteiger partial charge in [-0.25, -0.2) is 0 Å². The number of carboxylic acids is 2. The molecule has 0 amide bonds. The van der Waals surface area contributed by atoms with Crippen LogP contribution in [-0.2, 0) is 9.59 Å². The summed E-state index contributed by atoms with van der Waals surface area (Å²) in [6, 6.07) is 0. The van der Waals surface area contributed by atoms with Gasteiger partial charge in [0.25, 0.3) is 0 Å². The van der Waals surface area contributed by atoms with Gasteiger partial charge in [-0.2, -0.15) is 11.8 Å². The van der Waals surface area contributed by atoms with Crippen LogP contribution in [0.15, 0.2) is 0 Å². The normalized spacial score (nSPS) is 20.4. The molecule has 104 valence electrons. The van der Waals surface area contributed by atoms with E-state index in [1.165, 1.54) is 0 Å². The third-order valence-electron chi connectivity index (χ3n) is 2.77. The third-order valence-corrected chi connectivity index (χ3v) is 3.71. The SMILES string of the molecule is O=C(O)CN1CCCN(CC(=O)O)CCSCC1. The first-order valence-electron chi connectivity index (χ1n) is 6.04. The number of rotatable bonds is 4. The van der Waals surface area contributed by atoms with Gasteiger partial charge in [-0.15, -0.1) is 0 Å². The second-order valence-electron chi connectivity index (χ2n) is 4.31. The Morgan fingerprint density at radius 3 is 1.72 bits per heavy atom. The lowest BCUT2D eigenvalue weighted by molar-refractivity contribution is -0.138. The van der Waals surface area contributed by atoms with Crippen LogP contribution in [0.4, 0.5) is 0 Å². The Labute approximate surface area is 111 Å². The van der Waals surface area contributed by atoms with Gasteiger partial charge in [-0.1, -0.05) is 0 Å². The van der Waals surface area contributed by atoms with Crippen LogP contribution in [0.25, 0.3) is 0 Å². The maximum atomic E-state index is 10.7. The molecule has 2 N–H and O–H groups in total. The fourth-order valence-electron chi connectivity index (χ4n) is 1.93. The van der Waals surface area contributed by atoms with Crippen LogP contribution in [0, 0.1) is 0 Å². The predicted octanol–water partition coefficient (Wildman–Crippen LogP) is -0.103. The highest BCUT2D eigenvalue weighted by Gasteiger charge is 2.14. The molecule has 0 aromatic carbocycles. The Hall–Kier alpha value is -0.790. The molecule has 18 heavy (non-hydrogen) atoms. The summed E-state index contributed by atoms with van der Waals surface area (Å²) >= 11 is 1.74. The van der Waals surface area contributed by atoms with Gasteiger partial charge in [0.2, 0.25) is 0 Å². The lowest BCUT2D eigenvalue weighted by atomic mass is 10.3. The van der Waals surface area contributed by atoms with E-state index < -0.39 is 11.9 Å². The molecular formula is C11H20N2O4S. The summed E-state index contributed by atoms with van der Waals surface area (Å²) in [6.45, 7) is 3.14. The largest absolute Gasteiger partial charge is 0.480 e. The van der Waals surface area contributed by atoms with Gasteiger partial charge >= 0.3 is 11.9 Å². The second-order valence-corrected chi connectivity index (χ2v) is 5.53. The number of aliphatic carboxylic acids is 2. The van der Waals surface area contributed by atoms with Crippen molar-refractivity contribution in [2.24, 2.45) is 0 Å². The summed E-state index contributed by atoms with van der Waals surface area (Å²) in [5.74, 6) is 0.182. The van der Waals surface area contributed by atoms with E-state index in [9.17, 15) is 9.59 Å². The van der Waals surface area contributed by atoms with Crippen molar-refractivity contribution in [3.05, 3.63) is 0 Å².